The summed E-state index contributed by atoms with van der Waals surface area (Å²) in [6, 6.07) is 5.29. The van der Waals surface area contributed by atoms with Crippen LogP contribution in [0.2, 0.25) is 0 Å². The van der Waals surface area contributed by atoms with Gasteiger partial charge in [0, 0.05) is 18.2 Å². The maximum atomic E-state index is 13.2. The summed E-state index contributed by atoms with van der Waals surface area (Å²) in [4.78, 5) is 12.2. The minimum atomic E-state index is -4.60. The number of rotatable bonds is 2. The van der Waals surface area contributed by atoms with Gasteiger partial charge in [-0.15, -0.1) is 0 Å². The van der Waals surface area contributed by atoms with Gasteiger partial charge in [-0.3, -0.25) is 4.79 Å². The lowest BCUT2D eigenvalue weighted by Gasteiger charge is -2.33. The van der Waals surface area contributed by atoms with Crippen LogP contribution in [-0.4, -0.2) is 16.5 Å². The van der Waals surface area contributed by atoms with Crippen molar-refractivity contribution in [3.05, 3.63) is 29.3 Å². The average Bonchev–Trinajstić information content (AvgIpc) is 3.24. The predicted octanol–water partition coefficient (Wildman–Crippen LogP) is 4.60. The molecule has 1 saturated heterocycles. The summed E-state index contributed by atoms with van der Waals surface area (Å²) >= 11 is 7.25. The number of hydrogen-bond acceptors (Lipinski definition) is 4. The van der Waals surface area contributed by atoms with E-state index in [1.807, 2.05) is 0 Å². The maximum absolute atomic E-state index is 13.2. The molecule has 0 spiro atoms. The highest BCUT2D eigenvalue weighted by molar-refractivity contribution is 8.03. The Morgan fingerprint density at radius 1 is 1.40 bits per heavy atom. The van der Waals surface area contributed by atoms with Crippen LogP contribution in [0, 0.1) is 29.1 Å². The van der Waals surface area contributed by atoms with Gasteiger partial charge in [0.25, 0.3) is 0 Å². The zero-order chi connectivity index (χ0) is 18.0. The Morgan fingerprint density at radius 2 is 2.16 bits per heavy atom. The number of alkyl halides is 3. The van der Waals surface area contributed by atoms with Crippen molar-refractivity contribution < 1.29 is 18.0 Å². The van der Waals surface area contributed by atoms with E-state index in [4.69, 9.17) is 16.9 Å². The number of benzene rings is 1. The van der Waals surface area contributed by atoms with E-state index in [-0.39, 0.29) is 17.1 Å². The molecule has 3 aliphatic rings. The van der Waals surface area contributed by atoms with Crippen molar-refractivity contribution in [2.24, 2.45) is 17.8 Å². The first-order valence-corrected chi connectivity index (χ1v) is 9.20. The Kier molecular flexibility index (Phi) is 3.79. The zero-order valence-corrected chi connectivity index (χ0v) is 14.6. The van der Waals surface area contributed by atoms with E-state index in [9.17, 15) is 18.0 Å². The fourth-order valence-corrected chi connectivity index (χ4v) is 6.82. The van der Waals surface area contributed by atoms with Crippen LogP contribution < -0.4 is 4.31 Å². The van der Waals surface area contributed by atoms with Gasteiger partial charge in [-0.1, -0.05) is 0 Å². The van der Waals surface area contributed by atoms with Crippen molar-refractivity contribution in [1.29, 1.82) is 5.26 Å². The van der Waals surface area contributed by atoms with Gasteiger partial charge in [-0.05, 0) is 72.8 Å². The molecule has 0 unspecified atom stereocenters. The Balaban J connectivity index is 1.71. The Morgan fingerprint density at radius 3 is 2.76 bits per heavy atom. The van der Waals surface area contributed by atoms with Crippen molar-refractivity contribution in [1.82, 2.24) is 0 Å². The molecule has 4 rings (SSSR count). The van der Waals surface area contributed by atoms with Crippen LogP contribution in [0.15, 0.2) is 18.2 Å². The summed E-state index contributed by atoms with van der Waals surface area (Å²) in [7, 11) is 0. The van der Waals surface area contributed by atoms with Gasteiger partial charge in [0.2, 0.25) is 5.24 Å². The largest absolute Gasteiger partial charge is 0.417 e. The molecule has 4 atom stereocenters. The lowest BCUT2D eigenvalue weighted by molar-refractivity contribution is -0.137. The SMILES string of the molecule is N#Cc1ccc(N2C[C@H]3[C@H]4CC[C@H](C4)[C@@]3(C(=O)Cl)S2)cc1C(F)(F)F. The first kappa shape index (κ1) is 17.0. The van der Waals surface area contributed by atoms with Crippen molar-refractivity contribution in [2.75, 3.05) is 10.8 Å². The van der Waals surface area contributed by atoms with Crippen LogP contribution in [0.3, 0.4) is 0 Å². The molecule has 0 amide bonds. The zero-order valence-electron chi connectivity index (χ0n) is 13.0. The van der Waals surface area contributed by atoms with Crippen LogP contribution >= 0.6 is 23.5 Å². The topological polar surface area (TPSA) is 44.1 Å². The number of carbonyl (C=O) groups is 1. The molecule has 132 valence electrons. The minimum Gasteiger partial charge on any atom is -0.315 e. The molecule has 0 radical (unpaired) electrons. The molecule has 1 aromatic carbocycles. The highest BCUT2D eigenvalue weighted by Gasteiger charge is 2.66. The lowest BCUT2D eigenvalue weighted by atomic mass is 9.79. The highest BCUT2D eigenvalue weighted by atomic mass is 35.5. The lowest BCUT2D eigenvalue weighted by Crippen LogP contribution is -2.42. The number of halogens is 4. The molecule has 0 N–H and O–H groups in total. The molecular formula is C17H14ClF3N2OS. The van der Waals surface area contributed by atoms with Crippen LogP contribution in [0.4, 0.5) is 18.9 Å². The second kappa shape index (κ2) is 5.55. The smallest absolute Gasteiger partial charge is 0.315 e. The molecule has 8 heteroatoms. The number of carbonyl (C=O) groups excluding carboxylic acids is 1. The third-order valence-electron chi connectivity index (χ3n) is 5.85. The molecule has 3 nitrogen and oxygen atoms in total. The fourth-order valence-electron chi connectivity index (χ4n) is 4.77. The first-order valence-electron chi connectivity index (χ1n) is 8.05. The van der Waals surface area contributed by atoms with Crippen molar-refractivity contribution in [2.45, 2.75) is 30.2 Å². The van der Waals surface area contributed by atoms with Crippen LogP contribution in [0.5, 0.6) is 0 Å². The maximum Gasteiger partial charge on any atom is 0.417 e. The standard InChI is InChI=1S/C17H14ClF3N2OS/c18-15(24)16-11-3-1-9(5-11)14(16)8-23(25-16)12-4-2-10(7-22)13(6-12)17(19,20)21/h2,4,6,9,11,14H,1,3,5,8H2/t9-,11+,14-,16+/m0/s1. The number of nitrogens with zero attached hydrogens (tertiary/aromatic N) is 2. The second-order valence-electron chi connectivity index (χ2n) is 6.94. The van der Waals surface area contributed by atoms with E-state index in [0.717, 1.165) is 25.3 Å². The molecule has 2 saturated carbocycles. The fraction of sp³-hybridized carbons (Fsp3) is 0.529. The van der Waals surface area contributed by atoms with Crippen molar-refractivity contribution in [3.8, 4) is 6.07 Å². The number of hydrogen-bond donors (Lipinski definition) is 0. The van der Waals surface area contributed by atoms with E-state index in [0.29, 0.717) is 18.2 Å². The van der Waals surface area contributed by atoms with Crippen LogP contribution in [0.1, 0.15) is 30.4 Å². The molecule has 1 aromatic rings. The van der Waals surface area contributed by atoms with Gasteiger partial charge in [0.15, 0.2) is 0 Å². The Labute approximate surface area is 152 Å². The molecule has 3 fully saturated rings. The van der Waals surface area contributed by atoms with Crippen molar-refractivity contribution in [3.63, 3.8) is 0 Å². The first-order chi connectivity index (χ1) is 11.8. The normalized spacial score (nSPS) is 33.4. The molecule has 2 bridgehead atoms. The molecular weight excluding hydrogens is 373 g/mol. The quantitative estimate of drug-likeness (QED) is 0.550. The third-order valence-corrected chi connectivity index (χ3v) is 7.98. The van der Waals surface area contributed by atoms with Gasteiger partial charge in [-0.25, -0.2) is 0 Å². The summed E-state index contributed by atoms with van der Waals surface area (Å²) < 4.78 is 40.7. The summed E-state index contributed by atoms with van der Waals surface area (Å²) in [5.41, 5.74) is -0.981. The monoisotopic (exact) mass is 386 g/mol. The van der Waals surface area contributed by atoms with E-state index in [1.54, 1.807) is 10.4 Å². The molecule has 1 heterocycles. The van der Waals surface area contributed by atoms with Gasteiger partial charge >= 0.3 is 6.18 Å². The Bertz CT molecular complexity index is 793. The summed E-state index contributed by atoms with van der Waals surface area (Å²) in [6.45, 7) is 0.507. The number of anilines is 1. The third kappa shape index (κ3) is 2.37. The van der Waals surface area contributed by atoms with Gasteiger partial charge in [0.05, 0.1) is 17.2 Å². The second-order valence-corrected chi connectivity index (χ2v) is 8.58. The molecule has 2 aliphatic carbocycles. The molecule has 25 heavy (non-hydrogen) atoms. The van der Waals surface area contributed by atoms with Crippen LogP contribution in [-0.2, 0) is 11.0 Å². The van der Waals surface area contributed by atoms with E-state index in [1.165, 1.54) is 24.1 Å². The average molecular weight is 387 g/mol. The Hall–Kier alpha value is -1.39. The van der Waals surface area contributed by atoms with Crippen LogP contribution in [0.25, 0.3) is 0 Å². The number of nitriles is 1. The molecule has 0 aromatic heterocycles. The highest BCUT2D eigenvalue weighted by Crippen LogP contribution is 2.66. The summed E-state index contributed by atoms with van der Waals surface area (Å²) in [6.07, 6.45) is -1.62. The summed E-state index contributed by atoms with van der Waals surface area (Å²) in [5.74, 6) is 0.680. The van der Waals surface area contributed by atoms with Gasteiger partial charge < -0.3 is 4.31 Å². The number of fused-ring (bicyclic) bond motifs is 5. The van der Waals surface area contributed by atoms with E-state index in [2.05, 4.69) is 0 Å². The van der Waals surface area contributed by atoms with E-state index < -0.39 is 22.1 Å². The predicted molar refractivity (Wildman–Crippen MR) is 89.0 cm³/mol. The summed E-state index contributed by atoms with van der Waals surface area (Å²) in [5, 5.41) is 8.54. The van der Waals surface area contributed by atoms with E-state index >= 15 is 0 Å². The minimum absolute atomic E-state index is 0.0752. The van der Waals surface area contributed by atoms with Crippen molar-refractivity contribution >= 4 is 34.5 Å². The molecule has 1 aliphatic heterocycles. The van der Waals surface area contributed by atoms with Gasteiger partial charge in [-0.2, -0.15) is 18.4 Å². The van der Waals surface area contributed by atoms with Gasteiger partial charge in [0.1, 0.15) is 4.75 Å².